The van der Waals surface area contributed by atoms with Gasteiger partial charge in [0.1, 0.15) is 0 Å². The highest BCUT2D eigenvalue weighted by Gasteiger charge is 2.08. The molecule has 0 spiro atoms. The maximum absolute atomic E-state index is 11.6. The predicted octanol–water partition coefficient (Wildman–Crippen LogP) is 1.95. The molecule has 1 aromatic carbocycles. The highest BCUT2D eigenvalue weighted by atomic mass is 16.1. The minimum absolute atomic E-state index is 0.000793. The predicted molar refractivity (Wildman–Crippen MR) is 70.8 cm³/mol. The molecule has 0 bridgehead atoms. The largest absolute Gasteiger partial charge is 0.348 e. The Morgan fingerprint density at radius 3 is 2.94 bits per heavy atom. The summed E-state index contributed by atoms with van der Waals surface area (Å²) in [7, 11) is 0. The van der Waals surface area contributed by atoms with E-state index in [0.29, 0.717) is 13.1 Å². The van der Waals surface area contributed by atoms with Crippen LogP contribution in [0.25, 0.3) is 0 Å². The normalized spacial score (nSPS) is 11.9. The van der Waals surface area contributed by atoms with Crippen molar-refractivity contribution in [2.75, 3.05) is 13.1 Å². The van der Waals surface area contributed by atoms with E-state index in [-0.39, 0.29) is 11.9 Å². The Morgan fingerprint density at radius 1 is 1.53 bits per heavy atom. The third-order valence-electron chi connectivity index (χ3n) is 2.49. The lowest BCUT2D eigenvalue weighted by atomic mass is 10.1. The van der Waals surface area contributed by atoms with Crippen LogP contribution in [0.2, 0.25) is 0 Å². The van der Waals surface area contributed by atoms with Crippen LogP contribution in [0, 0.1) is 6.92 Å². The summed E-state index contributed by atoms with van der Waals surface area (Å²) in [6.07, 6.45) is 1.73. The number of carbonyl (C=O) groups excluding carboxylic acids is 1. The Bertz CT molecular complexity index is 388. The van der Waals surface area contributed by atoms with E-state index in [1.807, 2.05) is 32.0 Å². The average Bonchev–Trinajstić information content (AvgIpc) is 2.29. The fourth-order valence-electron chi connectivity index (χ4n) is 1.60. The van der Waals surface area contributed by atoms with E-state index in [2.05, 4.69) is 23.3 Å². The topological polar surface area (TPSA) is 41.1 Å². The van der Waals surface area contributed by atoms with Crippen molar-refractivity contribution < 1.29 is 4.79 Å². The lowest BCUT2D eigenvalue weighted by Crippen LogP contribution is -2.35. The van der Waals surface area contributed by atoms with Crippen LogP contribution in [-0.4, -0.2) is 19.0 Å². The molecular formula is C14H20N2O. The van der Waals surface area contributed by atoms with E-state index in [4.69, 9.17) is 0 Å². The van der Waals surface area contributed by atoms with Crippen molar-refractivity contribution in [3.8, 4) is 0 Å². The highest BCUT2D eigenvalue weighted by Crippen LogP contribution is 2.13. The first-order valence-electron chi connectivity index (χ1n) is 5.81. The molecule has 0 radical (unpaired) electrons. The van der Waals surface area contributed by atoms with Crippen LogP contribution in [0.5, 0.6) is 0 Å². The maximum atomic E-state index is 11.6. The maximum Gasteiger partial charge on any atom is 0.234 e. The van der Waals surface area contributed by atoms with Crippen molar-refractivity contribution in [2.45, 2.75) is 19.9 Å². The van der Waals surface area contributed by atoms with Gasteiger partial charge in [0.05, 0.1) is 12.6 Å². The third-order valence-corrected chi connectivity index (χ3v) is 2.49. The lowest BCUT2D eigenvalue weighted by molar-refractivity contribution is -0.120. The molecular weight excluding hydrogens is 212 g/mol. The van der Waals surface area contributed by atoms with Gasteiger partial charge >= 0.3 is 0 Å². The van der Waals surface area contributed by atoms with Crippen LogP contribution >= 0.6 is 0 Å². The molecule has 0 fully saturated rings. The number of carbonyl (C=O) groups is 1. The molecule has 1 amide bonds. The first-order valence-corrected chi connectivity index (χ1v) is 5.81. The number of hydrogen-bond donors (Lipinski definition) is 2. The van der Waals surface area contributed by atoms with Gasteiger partial charge in [-0.2, -0.15) is 0 Å². The minimum Gasteiger partial charge on any atom is -0.348 e. The minimum atomic E-state index is 0.000793. The van der Waals surface area contributed by atoms with Gasteiger partial charge in [0.25, 0.3) is 0 Å². The van der Waals surface area contributed by atoms with Gasteiger partial charge in [-0.1, -0.05) is 35.9 Å². The fraction of sp³-hybridized carbons (Fsp3) is 0.357. The van der Waals surface area contributed by atoms with E-state index in [1.54, 1.807) is 6.08 Å². The van der Waals surface area contributed by atoms with Gasteiger partial charge in [0, 0.05) is 6.54 Å². The van der Waals surface area contributed by atoms with Gasteiger partial charge in [-0.15, -0.1) is 6.58 Å². The smallest absolute Gasteiger partial charge is 0.234 e. The summed E-state index contributed by atoms with van der Waals surface area (Å²) >= 11 is 0. The zero-order chi connectivity index (χ0) is 12.7. The second-order valence-corrected chi connectivity index (χ2v) is 4.12. The second-order valence-electron chi connectivity index (χ2n) is 4.12. The molecule has 17 heavy (non-hydrogen) atoms. The molecule has 0 saturated heterocycles. The molecule has 2 N–H and O–H groups in total. The standard InChI is InChI=1S/C14H20N2O/c1-4-8-15-10-14(17)16-12(3)13-7-5-6-11(2)9-13/h4-7,9,12,15H,1,8,10H2,2-3H3,(H,16,17)/t12-/m1/s1. The molecule has 0 aliphatic carbocycles. The molecule has 1 aromatic rings. The van der Waals surface area contributed by atoms with Gasteiger partial charge in [-0.25, -0.2) is 0 Å². The number of rotatable bonds is 6. The molecule has 3 heteroatoms. The summed E-state index contributed by atoms with van der Waals surface area (Å²) in [4.78, 5) is 11.6. The zero-order valence-electron chi connectivity index (χ0n) is 10.5. The molecule has 3 nitrogen and oxygen atoms in total. The molecule has 1 atom stereocenters. The van der Waals surface area contributed by atoms with Crippen molar-refractivity contribution in [3.63, 3.8) is 0 Å². The van der Waals surface area contributed by atoms with Gasteiger partial charge in [-0.05, 0) is 19.4 Å². The monoisotopic (exact) mass is 232 g/mol. The molecule has 1 rings (SSSR count). The Balaban J connectivity index is 2.45. The van der Waals surface area contributed by atoms with E-state index in [9.17, 15) is 4.79 Å². The quantitative estimate of drug-likeness (QED) is 0.581. The molecule has 0 aliphatic heterocycles. The van der Waals surface area contributed by atoms with Gasteiger partial charge in [-0.3, -0.25) is 4.79 Å². The summed E-state index contributed by atoms with van der Waals surface area (Å²) in [6, 6.07) is 8.19. The molecule has 0 saturated carbocycles. The van der Waals surface area contributed by atoms with Crippen LogP contribution < -0.4 is 10.6 Å². The highest BCUT2D eigenvalue weighted by molar-refractivity contribution is 5.78. The number of hydrogen-bond acceptors (Lipinski definition) is 2. The number of amides is 1. The van der Waals surface area contributed by atoms with E-state index in [1.165, 1.54) is 5.56 Å². The third kappa shape index (κ3) is 4.83. The molecule has 0 aromatic heterocycles. The van der Waals surface area contributed by atoms with E-state index >= 15 is 0 Å². The summed E-state index contributed by atoms with van der Waals surface area (Å²) in [5.74, 6) is 0.000793. The Labute approximate surface area is 103 Å². The Hall–Kier alpha value is -1.61. The number of nitrogens with one attached hydrogen (secondary N) is 2. The fourth-order valence-corrected chi connectivity index (χ4v) is 1.60. The van der Waals surface area contributed by atoms with Crippen molar-refractivity contribution in [1.29, 1.82) is 0 Å². The lowest BCUT2D eigenvalue weighted by Gasteiger charge is -2.15. The Morgan fingerprint density at radius 2 is 2.29 bits per heavy atom. The summed E-state index contributed by atoms with van der Waals surface area (Å²) in [5.41, 5.74) is 2.33. The molecule has 0 heterocycles. The van der Waals surface area contributed by atoms with Crippen LogP contribution in [0.1, 0.15) is 24.1 Å². The van der Waals surface area contributed by atoms with Gasteiger partial charge < -0.3 is 10.6 Å². The van der Waals surface area contributed by atoms with Gasteiger partial charge in [0.2, 0.25) is 5.91 Å². The van der Waals surface area contributed by atoms with Crippen molar-refractivity contribution in [3.05, 3.63) is 48.0 Å². The Kier molecular flexibility index (Phi) is 5.43. The summed E-state index contributed by atoms with van der Waals surface area (Å²) in [5, 5.41) is 5.92. The van der Waals surface area contributed by atoms with Crippen LogP contribution in [-0.2, 0) is 4.79 Å². The number of benzene rings is 1. The van der Waals surface area contributed by atoms with Crippen molar-refractivity contribution in [2.24, 2.45) is 0 Å². The SMILES string of the molecule is C=CCNCC(=O)N[C@H](C)c1cccc(C)c1. The summed E-state index contributed by atoms with van der Waals surface area (Å²) in [6.45, 7) is 8.58. The summed E-state index contributed by atoms with van der Waals surface area (Å²) < 4.78 is 0. The first-order chi connectivity index (χ1) is 8.13. The van der Waals surface area contributed by atoms with Crippen LogP contribution in [0.15, 0.2) is 36.9 Å². The van der Waals surface area contributed by atoms with Crippen LogP contribution in [0.4, 0.5) is 0 Å². The molecule has 0 aliphatic rings. The zero-order valence-corrected chi connectivity index (χ0v) is 10.5. The van der Waals surface area contributed by atoms with E-state index < -0.39 is 0 Å². The average molecular weight is 232 g/mol. The van der Waals surface area contributed by atoms with Crippen molar-refractivity contribution in [1.82, 2.24) is 10.6 Å². The van der Waals surface area contributed by atoms with E-state index in [0.717, 1.165) is 5.56 Å². The van der Waals surface area contributed by atoms with Gasteiger partial charge in [0.15, 0.2) is 0 Å². The number of aryl methyl sites for hydroxylation is 1. The van der Waals surface area contributed by atoms with Crippen molar-refractivity contribution >= 4 is 5.91 Å². The molecule has 92 valence electrons. The molecule has 0 unspecified atom stereocenters. The van der Waals surface area contributed by atoms with Crippen LogP contribution in [0.3, 0.4) is 0 Å². The first kappa shape index (κ1) is 13.5. The second kappa shape index (κ2) is 6.86.